The number of carboxylic acids is 1. The molecular weight excluding hydrogens is 322 g/mol. The first-order chi connectivity index (χ1) is 12.0. The number of fused-ring (bicyclic) bond motifs is 3. The Morgan fingerprint density at radius 1 is 1.28 bits per heavy atom. The van der Waals surface area contributed by atoms with Crippen molar-refractivity contribution in [2.24, 2.45) is 5.92 Å². The molecule has 0 unspecified atom stereocenters. The van der Waals surface area contributed by atoms with Crippen LogP contribution in [-0.2, 0) is 11.3 Å². The van der Waals surface area contributed by atoms with E-state index in [0.29, 0.717) is 17.3 Å². The molecule has 8 nitrogen and oxygen atoms in total. The number of carbonyl (C=O) groups excluding carboxylic acids is 1. The Bertz CT molecular complexity index is 948. The molecule has 0 bridgehead atoms. The van der Waals surface area contributed by atoms with Crippen molar-refractivity contribution in [1.82, 2.24) is 19.9 Å². The van der Waals surface area contributed by atoms with Crippen molar-refractivity contribution >= 4 is 39.8 Å². The summed E-state index contributed by atoms with van der Waals surface area (Å²) in [5.41, 5.74) is 2.20. The number of nitrogens with one attached hydrogen (secondary N) is 2. The molecule has 2 amide bonds. The van der Waals surface area contributed by atoms with E-state index < -0.39 is 18.5 Å². The second-order valence-corrected chi connectivity index (χ2v) is 6.17. The molecule has 3 aromatic rings. The van der Waals surface area contributed by atoms with Crippen LogP contribution in [0, 0.1) is 5.92 Å². The lowest BCUT2D eigenvalue weighted by molar-refractivity contribution is -0.135. The molecule has 2 heterocycles. The molecule has 0 spiro atoms. The Balaban J connectivity index is 2.07. The van der Waals surface area contributed by atoms with Gasteiger partial charge in [-0.05, 0) is 12.0 Å². The Kier molecular flexibility index (Phi) is 4.51. The number of anilines is 1. The quantitative estimate of drug-likeness (QED) is 0.660. The summed E-state index contributed by atoms with van der Waals surface area (Å²) in [6, 6.07) is 7.01. The molecular formula is C17H19N5O3. The molecule has 3 rings (SSSR count). The highest BCUT2D eigenvalue weighted by molar-refractivity contribution is 6.09. The number of para-hydroxylation sites is 1. The summed E-state index contributed by atoms with van der Waals surface area (Å²) in [5.74, 6) is -0.383. The first kappa shape index (κ1) is 16.7. The molecule has 0 atom stereocenters. The largest absolute Gasteiger partial charge is 0.480 e. The molecule has 0 saturated carbocycles. The van der Waals surface area contributed by atoms with Gasteiger partial charge in [-0.1, -0.05) is 32.0 Å². The number of amides is 2. The molecule has 130 valence electrons. The molecule has 0 saturated heterocycles. The summed E-state index contributed by atoms with van der Waals surface area (Å²) in [4.78, 5) is 31.4. The van der Waals surface area contributed by atoms with Crippen molar-refractivity contribution in [3.63, 3.8) is 0 Å². The number of nitrogens with zero attached hydrogens (tertiary/aromatic N) is 3. The van der Waals surface area contributed by atoms with Crippen LogP contribution in [0.3, 0.4) is 0 Å². The van der Waals surface area contributed by atoms with Gasteiger partial charge < -0.3 is 15.0 Å². The molecule has 8 heteroatoms. The summed E-state index contributed by atoms with van der Waals surface area (Å²) < 4.78 is 2.05. The first-order valence-corrected chi connectivity index (χ1v) is 7.96. The highest BCUT2D eigenvalue weighted by Crippen LogP contribution is 2.29. The average molecular weight is 341 g/mol. The number of pyridine rings is 1. The van der Waals surface area contributed by atoms with Gasteiger partial charge in [0.05, 0.1) is 17.4 Å². The van der Waals surface area contributed by atoms with E-state index in [1.807, 2.05) is 28.8 Å². The summed E-state index contributed by atoms with van der Waals surface area (Å²) in [6.07, 6.45) is 1.74. The van der Waals surface area contributed by atoms with E-state index in [9.17, 15) is 9.59 Å². The van der Waals surface area contributed by atoms with E-state index in [4.69, 9.17) is 5.11 Å². The monoisotopic (exact) mass is 341 g/mol. The van der Waals surface area contributed by atoms with E-state index in [0.717, 1.165) is 23.0 Å². The number of aliphatic carboxylic acids is 1. The Morgan fingerprint density at radius 2 is 2.04 bits per heavy atom. The van der Waals surface area contributed by atoms with Crippen LogP contribution in [0.25, 0.3) is 21.9 Å². The molecule has 0 aliphatic carbocycles. The van der Waals surface area contributed by atoms with Gasteiger partial charge >= 0.3 is 12.0 Å². The van der Waals surface area contributed by atoms with Crippen molar-refractivity contribution in [3.05, 3.63) is 30.6 Å². The molecule has 0 radical (unpaired) electrons. The highest BCUT2D eigenvalue weighted by Gasteiger charge is 2.16. The zero-order valence-corrected chi connectivity index (χ0v) is 14.0. The topological polar surface area (TPSA) is 109 Å². The lowest BCUT2D eigenvalue weighted by atomic mass is 10.1. The third-order valence-corrected chi connectivity index (χ3v) is 3.65. The van der Waals surface area contributed by atoms with Gasteiger partial charge in [0.15, 0.2) is 5.82 Å². The molecule has 2 aromatic heterocycles. The summed E-state index contributed by atoms with van der Waals surface area (Å²) >= 11 is 0. The fraction of sp³-hybridized carbons (Fsp3) is 0.294. The smallest absolute Gasteiger partial charge is 0.323 e. The standard InChI is InChI=1S/C17H19N5O3/c1-10(2)8-22-9-19-14-15(22)11-5-3-4-6-12(11)20-16(14)21-17(25)18-7-13(23)24/h3-6,9-10H,7-8H2,1-2H3,(H,23,24)(H2,18,20,21,25). The predicted molar refractivity (Wildman–Crippen MR) is 94.5 cm³/mol. The van der Waals surface area contributed by atoms with Crippen LogP contribution in [0.4, 0.5) is 10.6 Å². The maximum atomic E-state index is 11.9. The molecule has 0 aliphatic heterocycles. The van der Waals surface area contributed by atoms with Gasteiger partial charge in [-0.15, -0.1) is 0 Å². The van der Waals surface area contributed by atoms with E-state index in [1.54, 1.807) is 6.33 Å². The van der Waals surface area contributed by atoms with Gasteiger partial charge in [0.25, 0.3) is 0 Å². The summed E-state index contributed by atoms with van der Waals surface area (Å²) in [6.45, 7) is 4.56. The van der Waals surface area contributed by atoms with Crippen molar-refractivity contribution in [2.45, 2.75) is 20.4 Å². The molecule has 1 aromatic carbocycles. The van der Waals surface area contributed by atoms with Crippen molar-refractivity contribution in [2.75, 3.05) is 11.9 Å². The number of hydrogen-bond donors (Lipinski definition) is 3. The number of benzene rings is 1. The first-order valence-electron chi connectivity index (χ1n) is 7.96. The van der Waals surface area contributed by atoms with Crippen molar-refractivity contribution in [3.8, 4) is 0 Å². The Morgan fingerprint density at radius 3 is 2.76 bits per heavy atom. The number of hydrogen-bond acceptors (Lipinski definition) is 4. The third kappa shape index (κ3) is 3.52. The predicted octanol–water partition coefficient (Wildman–Crippen LogP) is 2.45. The highest BCUT2D eigenvalue weighted by atomic mass is 16.4. The van der Waals surface area contributed by atoms with Gasteiger partial charge in [-0.25, -0.2) is 14.8 Å². The van der Waals surface area contributed by atoms with Gasteiger partial charge in [0.2, 0.25) is 0 Å². The zero-order valence-electron chi connectivity index (χ0n) is 14.0. The van der Waals surface area contributed by atoms with Gasteiger partial charge in [0.1, 0.15) is 12.1 Å². The zero-order chi connectivity index (χ0) is 18.0. The van der Waals surface area contributed by atoms with Crippen LogP contribution in [0.5, 0.6) is 0 Å². The number of carbonyl (C=O) groups is 2. The van der Waals surface area contributed by atoms with Crippen LogP contribution < -0.4 is 10.6 Å². The van der Waals surface area contributed by atoms with Crippen LogP contribution in [0.2, 0.25) is 0 Å². The van der Waals surface area contributed by atoms with Gasteiger partial charge in [-0.3, -0.25) is 10.1 Å². The van der Waals surface area contributed by atoms with E-state index in [1.165, 1.54) is 0 Å². The minimum absolute atomic E-state index is 0.305. The number of imidazole rings is 1. The lowest BCUT2D eigenvalue weighted by Gasteiger charge is -2.11. The maximum Gasteiger partial charge on any atom is 0.323 e. The molecule has 0 fully saturated rings. The minimum atomic E-state index is -1.12. The van der Waals surface area contributed by atoms with Gasteiger partial charge in [-0.2, -0.15) is 0 Å². The summed E-state index contributed by atoms with van der Waals surface area (Å²) in [5, 5.41) is 14.5. The maximum absolute atomic E-state index is 11.9. The third-order valence-electron chi connectivity index (χ3n) is 3.65. The van der Waals surface area contributed by atoms with Gasteiger partial charge in [0, 0.05) is 11.9 Å². The van der Waals surface area contributed by atoms with Crippen LogP contribution in [0.1, 0.15) is 13.8 Å². The average Bonchev–Trinajstić information content (AvgIpc) is 2.97. The molecule has 25 heavy (non-hydrogen) atoms. The number of rotatable bonds is 5. The number of aromatic nitrogens is 3. The minimum Gasteiger partial charge on any atom is -0.480 e. The SMILES string of the molecule is CC(C)Cn1cnc2c(NC(=O)NCC(=O)O)nc3ccccc3c21. The van der Waals surface area contributed by atoms with E-state index >= 15 is 0 Å². The van der Waals surface area contributed by atoms with Crippen molar-refractivity contribution in [1.29, 1.82) is 0 Å². The van der Waals surface area contributed by atoms with E-state index in [-0.39, 0.29) is 0 Å². The molecule has 3 N–H and O–H groups in total. The second-order valence-electron chi connectivity index (χ2n) is 6.17. The number of carboxylic acid groups (broad SMARTS) is 1. The Labute approximate surface area is 143 Å². The van der Waals surface area contributed by atoms with Crippen LogP contribution in [-0.4, -0.2) is 38.2 Å². The normalized spacial score (nSPS) is 11.2. The van der Waals surface area contributed by atoms with Crippen LogP contribution in [0.15, 0.2) is 30.6 Å². The molecule has 0 aliphatic rings. The van der Waals surface area contributed by atoms with Crippen molar-refractivity contribution < 1.29 is 14.7 Å². The fourth-order valence-corrected chi connectivity index (χ4v) is 2.71. The fourth-order valence-electron chi connectivity index (χ4n) is 2.71. The Hall–Kier alpha value is -3.16. The van der Waals surface area contributed by atoms with Crippen LogP contribution >= 0.6 is 0 Å². The number of urea groups is 1. The van der Waals surface area contributed by atoms with E-state index in [2.05, 4.69) is 34.4 Å². The second kappa shape index (κ2) is 6.76. The lowest BCUT2D eigenvalue weighted by Crippen LogP contribution is -2.33. The summed E-state index contributed by atoms with van der Waals surface area (Å²) in [7, 11) is 0.